The largest absolute Gasteiger partial charge is 0.493 e. The first kappa shape index (κ1) is 24.2. The molecule has 3 aromatic rings. The second-order valence-corrected chi connectivity index (χ2v) is 9.53. The molecular formula is C28H28N4O6. The van der Waals surface area contributed by atoms with Gasteiger partial charge in [0, 0.05) is 42.4 Å². The first-order chi connectivity index (χ1) is 18.5. The minimum atomic E-state index is -0.536. The van der Waals surface area contributed by atoms with Gasteiger partial charge < -0.3 is 24.0 Å². The van der Waals surface area contributed by atoms with E-state index < -0.39 is 12.1 Å². The lowest BCUT2D eigenvalue weighted by atomic mass is 9.84. The van der Waals surface area contributed by atoms with Crippen LogP contribution in [-0.2, 0) is 20.7 Å². The molecule has 1 saturated heterocycles. The Morgan fingerprint density at radius 3 is 2.63 bits per heavy atom. The fraction of sp³-hybridized carbons (Fsp3) is 0.357. The van der Waals surface area contributed by atoms with Crippen LogP contribution < -0.4 is 14.5 Å². The number of ether oxygens (including phenoxy) is 3. The first-order valence-electron chi connectivity index (χ1n) is 12.8. The number of hydrogen-bond acceptors (Lipinski definition) is 7. The van der Waals surface area contributed by atoms with E-state index in [0.717, 1.165) is 29.0 Å². The zero-order chi connectivity index (χ0) is 26.4. The fourth-order valence-electron chi connectivity index (χ4n) is 5.40. The molecule has 0 saturated carbocycles. The molecule has 196 valence electrons. The molecule has 2 amide bonds. The van der Waals surface area contributed by atoms with E-state index in [1.54, 1.807) is 23.6 Å². The van der Waals surface area contributed by atoms with Crippen molar-refractivity contribution < 1.29 is 28.6 Å². The Morgan fingerprint density at radius 2 is 1.87 bits per heavy atom. The summed E-state index contributed by atoms with van der Waals surface area (Å²) in [6.45, 7) is 5.58. The molecule has 10 nitrogen and oxygen atoms in total. The smallest absolute Gasteiger partial charge is 0.356 e. The van der Waals surface area contributed by atoms with E-state index in [4.69, 9.17) is 14.2 Å². The molecular weight excluding hydrogens is 488 g/mol. The van der Waals surface area contributed by atoms with E-state index in [-0.39, 0.29) is 35.7 Å². The quantitative estimate of drug-likeness (QED) is 0.519. The first-order valence-corrected chi connectivity index (χ1v) is 12.8. The highest BCUT2D eigenvalue weighted by Crippen LogP contribution is 2.39. The molecule has 1 N–H and O–H groups in total. The highest BCUT2D eigenvalue weighted by Gasteiger charge is 2.40. The van der Waals surface area contributed by atoms with Gasteiger partial charge >= 0.3 is 5.97 Å². The van der Waals surface area contributed by atoms with Crippen LogP contribution >= 0.6 is 0 Å². The van der Waals surface area contributed by atoms with Gasteiger partial charge in [-0.25, -0.2) is 4.79 Å². The van der Waals surface area contributed by atoms with Gasteiger partial charge in [0.05, 0.1) is 19.8 Å². The van der Waals surface area contributed by atoms with E-state index in [0.29, 0.717) is 37.6 Å². The van der Waals surface area contributed by atoms with Crippen molar-refractivity contribution in [3.05, 3.63) is 70.5 Å². The second-order valence-electron chi connectivity index (χ2n) is 9.53. The van der Waals surface area contributed by atoms with E-state index in [9.17, 15) is 14.4 Å². The van der Waals surface area contributed by atoms with Crippen LogP contribution in [0.4, 0.5) is 11.4 Å². The summed E-state index contributed by atoms with van der Waals surface area (Å²) < 4.78 is 16.4. The van der Waals surface area contributed by atoms with Crippen LogP contribution in [0.5, 0.6) is 5.75 Å². The predicted molar refractivity (Wildman–Crippen MR) is 138 cm³/mol. The number of nitrogens with zero attached hydrogens (tertiary/aromatic N) is 3. The highest BCUT2D eigenvalue weighted by molar-refractivity contribution is 6.09. The number of carbonyl (C=O) groups is 3. The molecule has 1 fully saturated rings. The van der Waals surface area contributed by atoms with Gasteiger partial charge in [-0.3, -0.25) is 14.7 Å². The van der Waals surface area contributed by atoms with E-state index in [1.165, 1.54) is 0 Å². The van der Waals surface area contributed by atoms with E-state index in [2.05, 4.69) is 16.3 Å². The fourth-order valence-corrected chi connectivity index (χ4v) is 5.40. The summed E-state index contributed by atoms with van der Waals surface area (Å²) in [6, 6.07) is 13.3. The number of hydrogen-bond donors (Lipinski definition) is 1. The molecule has 2 aromatic carbocycles. The Morgan fingerprint density at radius 1 is 1.11 bits per heavy atom. The van der Waals surface area contributed by atoms with Crippen molar-refractivity contribution in [2.75, 3.05) is 42.7 Å². The zero-order valence-electron chi connectivity index (χ0n) is 21.2. The zero-order valence-corrected chi connectivity index (χ0v) is 21.2. The molecule has 0 radical (unpaired) electrons. The molecule has 6 rings (SSSR count). The topological polar surface area (TPSA) is 114 Å². The van der Waals surface area contributed by atoms with E-state index >= 15 is 0 Å². The van der Waals surface area contributed by atoms with Crippen molar-refractivity contribution in [1.29, 1.82) is 0 Å². The average Bonchev–Trinajstić information content (AvgIpc) is 3.58. The number of carbonyl (C=O) groups excluding carboxylic acids is 3. The SMILES string of the molecule is CCOC(=O)c1[nH]nc2c1C(c1ccc3c(c1)CCO3)CN(c1ccc(N3CCOC(C)C3=O)cc1)C2=O. The number of benzene rings is 2. The molecule has 1 aromatic heterocycles. The van der Waals surface area contributed by atoms with Gasteiger partial charge in [0.2, 0.25) is 0 Å². The summed E-state index contributed by atoms with van der Waals surface area (Å²) in [6.07, 6.45) is 0.319. The lowest BCUT2D eigenvalue weighted by molar-refractivity contribution is -0.132. The monoisotopic (exact) mass is 516 g/mol. The number of nitrogens with one attached hydrogen (secondary N) is 1. The van der Waals surface area contributed by atoms with E-state index in [1.807, 2.05) is 36.4 Å². The van der Waals surface area contributed by atoms with Gasteiger partial charge in [0.15, 0.2) is 5.69 Å². The second kappa shape index (κ2) is 9.60. The van der Waals surface area contributed by atoms with Crippen LogP contribution in [0, 0.1) is 0 Å². The molecule has 3 aliphatic heterocycles. The van der Waals surface area contributed by atoms with Crippen molar-refractivity contribution in [1.82, 2.24) is 10.2 Å². The Balaban J connectivity index is 1.37. The molecule has 0 spiro atoms. The molecule has 0 bridgehead atoms. The third-order valence-electron chi connectivity index (χ3n) is 7.33. The molecule has 3 aliphatic rings. The maximum absolute atomic E-state index is 13.6. The van der Waals surface area contributed by atoms with Gasteiger partial charge in [-0.15, -0.1) is 0 Å². The molecule has 2 atom stereocenters. The standard InChI is InChI=1S/C28H28N4O6/c1-3-36-28(35)25-23-21(17-4-9-22-18(14-17)10-12-38-22)15-32(27(34)24(23)29-30-25)20-7-5-19(6-8-20)31-11-13-37-16(2)26(31)33/h4-9,14,16,21H,3,10-13,15H2,1-2H3,(H,29,30). The number of aromatic nitrogens is 2. The number of esters is 1. The Kier molecular flexibility index (Phi) is 6.11. The number of amides is 2. The van der Waals surface area contributed by atoms with Crippen molar-refractivity contribution in [3.63, 3.8) is 0 Å². The van der Waals surface area contributed by atoms with Crippen molar-refractivity contribution in [2.24, 2.45) is 0 Å². The minimum Gasteiger partial charge on any atom is -0.493 e. The lowest BCUT2D eigenvalue weighted by Crippen LogP contribution is -2.46. The van der Waals surface area contributed by atoms with Crippen LogP contribution in [0.15, 0.2) is 42.5 Å². The molecule has 4 heterocycles. The Hall–Kier alpha value is -4.18. The predicted octanol–water partition coefficient (Wildman–Crippen LogP) is 3.07. The number of rotatable bonds is 5. The Bertz CT molecular complexity index is 1420. The molecule has 0 aliphatic carbocycles. The number of morpholine rings is 1. The Labute approximate surface area is 219 Å². The van der Waals surface area contributed by atoms with Crippen LogP contribution in [0.25, 0.3) is 0 Å². The maximum atomic E-state index is 13.6. The van der Waals surface area contributed by atoms with Crippen LogP contribution in [0.3, 0.4) is 0 Å². The van der Waals surface area contributed by atoms with Crippen molar-refractivity contribution in [3.8, 4) is 5.75 Å². The summed E-state index contributed by atoms with van der Waals surface area (Å²) >= 11 is 0. The van der Waals surface area contributed by atoms with Gasteiger partial charge in [0.1, 0.15) is 17.5 Å². The summed E-state index contributed by atoms with van der Waals surface area (Å²) in [5.41, 5.74) is 4.43. The normalized spacial score (nSPS) is 20.7. The third-order valence-corrected chi connectivity index (χ3v) is 7.33. The number of H-pyrrole nitrogens is 1. The van der Waals surface area contributed by atoms with Crippen molar-refractivity contribution in [2.45, 2.75) is 32.3 Å². The molecule has 2 unspecified atom stereocenters. The van der Waals surface area contributed by atoms with Gasteiger partial charge in [-0.05, 0) is 55.3 Å². The average molecular weight is 517 g/mol. The van der Waals surface area contributed by atoms with Gasteiger partial charge in [-0.2, -0.15) is 5.10 Å². The summed E-state index contributed by atoms with van der Waals surface area (Å²) in [5.74, 6) is -0.389. The highest BCUT2D eigenvalue weighted by atomic mass is 16.5. The molecule has 38 heavy (non-hydrogen) atoms. The maximum Gasteiger partial charge on any atom is 0.356 e. The van der Waals surface area contributed by atoms with Crippen molar-refractivity contribution >= 4 is 29.2 Å². The van der Waals surface area contributed by atoms with Crippen LogP contribution in [0.1, 0.15) is 57.4 Å². The summed E-state index contributed by atoms with van der Waals surface area (Å²) in [4.78, 5) is 42.3. The van der Waals surface area contributed by atoms with Crippen LogP contribution in [-0.4, -0.2) is 67.0 Å². The van der Waals surface area contributed by atoms with Gasteiger partial charge in [-0.1, -0.05) is 12.1 Å². The summed E-state index contributed by atoms with van der Waals surface area (Å²) in [5, 5.41) is 7.03. The minimum absolute atomic E-state index is 0.0913. The number of fused-ring (bicyclic) bond motifs is 2. The summed E-state index contributed by atoms with van der Waals surface area (Å²) in [7, 11) is 0. The van der Waals surface area contributed by atoms with Gasteiger partial charge in [0.25, 0.3) is 11.8 Å². The number of aromatic amines is 1. The number of anilines is 2. The molecule has 10 heteroatoms. The third kappa shape index (κ3) is 4.01. The van der Waals surface area contributed by atoms with Crippen LogP contribution in [0.2, 0.25) is 0 Å². The lowest BCUT2D eigenvalue weighted by Gasteiger charge is -2.34.